The number of nitrogens with zero attached hydrogens (tertiary/aromatic N) is 2. The summed E-state index contributed by atoms with van der Waals surface area (Å²) in [5.41, 5.74) is 1.03. The molecule has 1 aromatic rings. The third-order valence-electron chi connectivity index (χ3n) is 4.37. The van der Waals surface area contributed by atoms with Crippen LogP contribution in [0.25, 0.3) is 0 Å². The van der Waals surface area contributed by atoms with Crippen molar-refractivity contribution in [2.75, 3.05) is 33.3 Å². The fourth-order valence-electron chi connectivity index (χ4n) is 2.80. The van der Waals surface area contributed by atoms with E-state index in [0.29, 0.717) is 44.3 Å². The molecule has 0 atom stereocenters. The van der Waals surface area contributed by atoms with Crippen molar-refractivity contribution in [1.29, 1.82) is 0 Å². The van der Waals surface area contributed by atoms with E-state index in [2.05, 4.69) is 0 Å². The Morgan fingerprint density at radius 3 is 2.33 bits per heavy atom. The van der Waals surface area contributed by atoms with E-state index in [1.807, 2.05) is 26.8 Å². The van der Waals surface area contributed by atoms with Gasteiger partial charge in [-0.15, -0.1) is 0 Å². The number of sulfonamides is 1. The largest absolute Gasteiger partial charge is 0.495 e. The van der Waals surface area contributed by atoms with Crippen LogP contribution in [-0.2, 0) is 14.8 Å². The van der Waals surface area contributed by atoms with Gasteiger partial charge in [-0.25, -0.2) is 8.42 Å². The molecule has 0 N–H and O–H groups in total. The average molecular weight is 354 g/mol. The lowest BCUT2D eigenvalue weighted by Gasteiger charge is -2.34. The van der Waals surface area contributed by atoms with Crippen molar-refractivity contribution in [3.8, 4) is 5.75 Å². The van der Waals surface area contributed by atoms with Crippen LogP contribution >= 0.6 is 0 Å². The molecule has 6 nitrogen and oxygen atoms in total. The van der Waals surface area contributed by atoms with Gasteiger partial charge in [0, 0.05) is 32.6 Å². The topological polar surface area (TPSA) is 66.9 Å². The summed E-state index contributed by atoms with van der Waals surface area (Å²) in [5, 5.41) is 0. The van der Waals surface area contributed by atoms with Crippen molar-refractivity contribution in [3.05, 3.63) is 23.8 Å². The summed E-state index contributed by atoms with van der Waals surface area (Å²) < 4.78 is 32.6. The molecule has 7 heteroatoms. The van der Waals surface area contributed by atoms with Crippen molar-refractivity contribution >= 4 is 15.9 Å². The number of rotatable bonds is 5. The van der Waals surface area contributed by atoms with Crippen LogP contribution in [0.15, 0.2) is 23.1 Å². The third kappa shape index (κ3) is 3.72. The van der Waals surface area contributed by atoms with Crippen molar-refractivity contribution in [1.82, 2.24) is 9.21 Å². The molecule has 1 aliphatic rings. The minimum absolute atomic E-state index is 0.0610. The second kappa shape index (κ2) is 7.53. The number of hydrogen-bond acceptors (Lipinski definition) is 4. The first-order valence-corrected chi connectivity index (χ1v) is 9.71. The SMILES string of the molecule is CCC(=O)N1CCN(S(=O)(=O)c2ccc(C(C)C)cc2OC)CC1. The molecule has 1 aromatic carbocycles. The minimum Gasteiger partial charge on any atom is -0.495 e. The molecule has 1 amide bonds. The predicted molar refractivity (Wildman–Crippen MR) is 92.7 cm³/mol. The molecule has 0 aromatic heterocycles. The number of carbonyl (C=O) groups excluding carboxylic acids is 1. The van der Waals surface area contributed by atoms with Crippen LogP contribution in [0.5, 0.6) is 5.75 Å². The lowest BCUT2D eigenvalue weighted by Crippen LogP contribution is -2.50. The van der Waals surface area contributed by atoms with Crippen molar-refractivity contribution in [2.24, 2.45) is 0 Å². The van der Waals surface area contributed by atoms with Gasteiger partial charge in [-0.3, -0.25) is 4.79 Å². The lowest BCUT2D eigenvalue weighted by atomic mass is 10.0. The molecule has 0 spiro atoms. The summed E-state index contributed by atoms with van der Waals surface area (Å²) >= 11 is 0. The van der Waals surface area contributed by atoms with Crippen molar-refractivity contribution in [2.45, 2.75) is 38.0 Å². The lowest BCUT2D eigenvalue weighted by molar-refractivity contribution is -0.132. The summed E-state index contributed by atoms with van der Waals surface area (Å²) in [4.78, 5) is 13.6. The van der Waals surface area contributed by atoms with Gasteiger partial charge in [0.25, 0.3) is 0 Å². The molecule has 0 radical (unpaired) electrons. The van der Waals surface area contributed by atoms with Gasteiger partial charge in [0.05, 0.1) is 7.11 Å². The highest BCUT2D eigenvalue weighted by Gasteiger charge is 2.31. The summed E-state index contributed by atoms with van der Waals surface area (Å²) in [6.45, 7) is 7.38. The van der Waals surface area contributed by atoms with Crippen LogP contribution in [0, 0.1) is 0 Å². The Labute approximate surface area is 144 Å². The fraction of sp³-hybridized carbons (Fsp3) is 0.588. The van der Waals surface area contributed by atoms with Gasteiger partial charge >= 0.3 is 0 Å². The Bertz CT molecular complexity index is 693. The highest BCUT2D eigenvalue weighted by Crippen LogP contribution is 2.30. The molecule has 24 heavy (non-hydrogen) atoms. The molecule has 0 bridgehead atoms. The van der Waals surface area contributed by atoms with Gasteiger partial charge in [-0.2, -0.15) is 4.31 Å². The molecule has 1 fully saturated rings. The Morgan fingerprint density at radius 2 is 1.83 bits per heavy atom. The van der Waals surface area contributed by atoms with E-state index in [4.69, 9.17) is 4.74 Å². The summed E-state index contributed by atoms with van der Waals surface area (Å²) in [6, 6.07) is 5.23. The average Bonchev–Trinajstić information content (AvgIpc) is 2.60. The van der Waals surface area contributed by atoms with E-state index in [-0.39, 0.29) is 10.8 Å². The van der Waals surface area contributed by atoms with Gasteiger partial charge in [0.2, 0.25) is 15.9 Å². The van der Waals surface area contributed by atoms with E-state index in [0.717, 1.165) is 5.56 Å². The molecule has 0 saturated carbocycles. The van der Waals surface area contributed by atoms with Gasteiger partial charge in [0.15, 0.2) is 0 Å². The van der Waals surface area contributed by atoms with Crippen LogP contribution in [0.3, 0.4) is 0 Å². The number of piperazine rings is 1. The summed E-state index contributed by atoms with van der Waals surface area (Å²) in [5.74, 6) is 0.721. The number of ether oxygens (including phenoxy) is 1. The number of hydrogen-bond donors (Lipinski definition) is 0. The molecule has 2 rings (SSSR count). The number of methoxy groups -OCH3 is 1. The van der Waals surface area contributed by atoms with E-state index in [1.165, 1.54) is 11.4 Å². The Kier molecular flexibility index (Phi) is 5.87. The van der Waals surface area contributed by atoms with Gasteiger partial charge in [-0.1, -0.05) is 26.8 Å². The van der Waals surface area contributed by atoms with E-state index in [1.54, 1.807) is 17.0 Å². The monoisotopic (exact) mass is 354 g/mol. The molecule has 0 aliphatic carbocycles. The zero-order chi connectivity index (χ0) is 17.9. The summed E-state index contributed by atoms with van der Waals surface area (Å²) in [7, 11) is -2.15. The molecule has 1 aliphatic heterocycles. The third-order valence-corrected chi connectivity index (χ3v) is 6.30. The molecule has 1 heterocycles. The summed E-state index contributed by atoms with van der Waals surface area (Å²) in [6.07, 6.45) is 0.442. The Balaban J connectivity index is 2.24. The minimum atomic E-state index is -3.63. The molecule has 1 saturated heterocycles. The van der Waals surface area contributed by atoms with E-state index >= 15 is 0 Å². The predicted octanol–water partition coefficient (Wildman–Crippen LogP) is 2.06. The van der Waals surface area contributed by atoms with Crippen LogP contribution < -0.4 is 4.74 Å². The van der Waals surface area contributed by atoms with E-state index in [9.17, 15) is 13.2 Å². The molecular weight excluding hydrogens is 328 g/mol. The molecule has 0 unspecified atom stereocenters. The maximum Gasteiger partial charge on any atom is 0.246 e. The maximum absolute atomic E-state index is 12.9. The fourth-order valence-corrected chi connectivity index (χ4v) is 4.36. The quantitative estimate of drug-likeness (QED) is 0.812. The number of carbonyl (C=O) groups is 1. The first-order chi connectivity index (χ1) is 11.3. The number of amides is 1. The van der Waals surface area contributed by atoms with Crippen LogP contribution in [0.2, 0.25) is 0 Å². The van der Waals surface area contributed by atoms with Gasteiger partial charge in [-0.05, 0) is 23.6 Å². The van der Waals surface area contributed by atoms with Crippen LogP contribution in [0.1, 0.15) is 38.7 Å². The van der Waals surface area contributed by atoms with Crippen LogP contribution in [-0.4, -0.2) is 56.8 Å². The zero-order valence-electron chi connectivity index (χ0n) is 14.8. The zero-order valence-corrected chi connectivity index (χ0v) is 15.6. The second-order valence-electron chi connectivity index (χ2n) is 6.20. The highest BCUT2D eigenvalue weighted by molar-refractivity contribution is 7.89. The Hall–Kier alpha value is -1.60. The van der Waals surface area contributed by atoms with Crippen molar-refractivity contribution in [3.63, 3.8) is 0 Å². The number of benzene rings is 1. The highest BCUT2D eigenvalue weighted by atomic mass is 32.2. The van der Waals surface area contributed by atoms with Crippen molar-refractivity contribution < 1.29 is 17.9 Å². The first kappa shape index (κ1) is 18.7. The Morgan fingerprint density at radius 1 is 1.21 bits per heavy atom. The van der Waals surface area contributed by atoms with E-state index < -0.39 is 10.0 Å². The van der Waals surface area contributed by atoms with Gasteiger partial charge < -0.3 is 9.64 Å². The second-order valence-corrected chi connectivity index (χ2v) is 8.11. The van der Waals surface area contributed by atoms with Crippen LogP contribution in [0.4, 0.5) is 0 Å². The normalized spacial score (nSPS) is 16.5. The maximum atomic E-state index is 12.9. The first-order valence-electron chi connectivity index (χ1n) is 8.27. The smallest absolute Gasteiger partial charge is 0.246 e. The van der Waals surface area contributed by atoms with Gasteiger partial charge in [0.1, 0.15) is 10.6 Å². The standard InChI is InChI=1S/C17H26N2O4S/c1-5-17(20)18-8-10-19(11-9-18)24(21,22)16-7-6-14(13(2)3)12-15(16)23-4/h6-7,12-13H,5,8-11H2,1-4H3. The molecule has 134 valence electrons. The molecular formula is C17H26N2O4S.